The van der Waals surface area contributed by atoms with E-state index in [1.807, 2.05) is 0 Å². The Morgan fingerprint density at radius 1 is 1.21 bits per heavy atom. The zero-order chi connectivity index (χ0) is 23.5. The van der Waals surface area contributed by atoms with Gasteiger partial charge in [0.25, 0.3) is 0 Å². The minimum Gasteiger partial charge on any atom is -0.474 e. The molecular formula is C20H11Cl4N5O3S. The van der Waals surface area contributed by atoms with E-state index in [2.05, 4.69) is 19.9 Å². The molecule has 0 bridgehead atoms. The Morgan fingerprint density at radius 3 is 2.76 bits per heavy atom. The van der Waals surface area contributed by atoms with Gasteiger partial charge in [0.15, 0.2) is 16.2 Å². The van der Waals surface area contributed by atoms with Crippen LogP contribution in [0.15, 0.2) is 62.8 Å². The van der Waals surface area contributed by atoms with E-state index in [4.69, 9.17) is 61.3 Å². The lowest BCUT2D eigenvalue weighted by Crippen LogP contribution is -2.13. The van der Waals surface area contributed by atoms with Crippen molar-refractivity contribution < 1.29 is 9.15 Å². The number of hydrogen-bond donors (Lipinski definition) is 1. The Hall–Kier alpha value is -2.69. The van der Waals surface area contributed by atoms with Crippen LogP contribution < -0.4 is 11.4 Å². The molecule has 0 atom stereocenters. The third-order valence-electron chi connectivity index (χ3n) is 4.02. The molecule has 0 saturated heterocycles. The summed E-state index contributed by atoms with van der Waals surface area (Å²) in [4.78, 5) is 30.1. The number of benzene rings is 1. The standard InChI is InChI=1S/C20H11Cl4N5O3S/c21-9-4-11-16(13(23)5-9)29-18(32-19(11)30)14(28-17-12(22)2-1-3-26-17)6-15(25)31-8-10-7-27-20(24)33-10/h1-7H,8,25H2. The van der Waals surface area contributed by atoms with Gasteiger partial charge in [-0.2, -0.15) is 0 Å². The number of pyridine rings is 1. The van der Waals surface area contributed by atoms with E-state index in [1.54, 1.807) is 18.3 Å². The van der Waals surface area contributed by atoms with Gasteiger partial charge in [-0.3, -0.25) is 0 Å². The summed E-state index contributed by atoms with van der Waals surface area (Å²) in [7, 11) is 0. The van der Waals surface area contributed by atoms with Crippen molar-refractivity contribution in [3.05, 3.63) is 89.3 Å². The van der Waals surface area contributed by atoms with Crippen molar-refractivity contribution in [3.63, 3.8) is 0 Å². The molecule has 0 spiro atoms. The van der Waals surface area contributed by atoms with E-state index in [1.165, 1.54) is 35.7 Å². The van der Waals surface area contributed by atoms with E-state index in [-0.39, 0.29) is 55.9 Å². The van der Waals surface area contributed by atoms with Gasteiger partial charge in [0, 0.05) is 23.5 Å². The van der Waals surface area contributed by atoms with Crippen LogP contribution in [0.2, 0.25) is 19.5 Å². The molecule has 4 rings (SSSR count). The fourth-order valence-electron chi connectivity index (χ4n) is 2.61. The quantitative estimate of drug-likeness (QED) is 0.242. The van der Waals surface area contributed by atoms with Crippen LogP contribution in [0.3, 0.4) is 0 Å². The highest BCUT2D eigenvalue weighted by molar-refractivity contribution is 7.15. The number of aliphatic imine (C=N–C) groups is 1. The Bertz CT molecular complexity index is 1470. The molecular weight excluding hydrogens is 532 g/mol. The maximum atomic E-state index is 12.6. The monoisotopic (exact) mass is 541 g/mol. The summed E-state index contributed by atoms with van der Waals surface area (Å²) >= 11 is 25.5. The number of ether oxygens (including phenoxy) is 1. The van der Waals surface area contributed by atoms with Gasteiger partial charge < -0.3 is 14.9 Å². The van der Waals surface area contributed by atoms with Crippen molar-refractivity contribution in [3.8, 4) is 0 Å². The number of allylic oxidation sites excluding steroid dienone is 1. The Balaban J connectivity index is 1.79. The van der Waals surface area contributed by atoms with Gasteiger partial charge >= 0.3 is 5.63 Å². The molecule has 0 amide bonds. The lowest BCUT2D eigenvalue weighted by molar-refractivity contribution is 0.199. The van der Waals surface area contributed by atoms with Gasteiger partial charge in [0.05, 0.1) is 20.3 Å². The average molecular weight is 543 g/mol. The highest BCUT2D eigenvalue weighted by Crippen LogP contribution is 2.26. The molecule has 0 aliphatic rings. The largest absolute Gasteiger partial charge is 0.474 e. The van der Waals surface area contributed by atoms with Crippen molar-refractivity contribution in [1.82, 2.24) is 15.0 Å². The lowest BCUT2D eigenvalue weighted by atomic mass is 10.2. The maximum Gasteiger partial charge on any atom is 0.347 e. The average Bonchev–Trinajstić information content (AvgIpc) is 3.19. The Kier molecular flexibility index (Phi) is 7.16. The van der Waals surface area contributed by atoms with E-state index in [0.29, 0.717) is 4.47 Å². The third-order valence-corrected chi connectivity index (χ3v) is 5.91. The van der Waals surface area contributed by atoms with Crippen molar-refractivity contribution in [1.29, 1.82) is 0 Å². The number of nitrogens with two attached hydrogens (primary N) is 1. The molecule has 13 heteroatoms. The molecule has 33 heavy (non-hydrogen) atoms. The summed E-state index contributed by atoms with van der Waals surface area (Å²) in [6.45, 7) is 0.115. The van der Waals surface area contributed by atoms with Gasteiger partial charge in [-0.15, -0.1) is 11.3 Å². The summed E-state index contributed by atoms with van der Waals surface area (Å²) < 4.78 is 11.3. The second-order valence-electron chi connectivity index (χ2n) is 6.31. The molecule has 0 aliphatic heterocycles. The van der Waals surface area contributed by atoms with Crippen LogP contribution in [-0.2, 0) is 11.3 Å². The first-order valence-electron chi connectivity index (χ1n) is 9.00. The molecule has 168 valence electrons. The summed E-state index contributed by atoms with van der Waals surface area (Å²) in [5.41, 5.74) is 5.52. The molecule has 0 unspecified atom stereocenters. The third kappa shape index (κ3) is 5.63. The number of thiazole rings is 1. The van der Waals surface area contributed by atoms with Gasteiger partial charge in [-0.05, 0) is 24.3 Å². The minimum atomic E-state index is -0.716. The molecule has 4 aromatic rings. The fraction of sp³-hybridized carbons (Fsp3) is 0.0500. The molecule has 3 heterocycles. The lowest BCUT2D eigenvalue weighted by Gasteiger charge is -2.07. The fourth-order valence-corrected chi connectivity index (χ4v) is 4.20. The van der Waals surface area contributed by atoms with Crippen molar-refractivity contribution in [2.45, 2.75) is 6.61 Å². The van der Waals surface area contributed by atoms with E-state index in [0.717, 1.165) is 4.88 Å². The van der Waals surface area contributed by atoms with E-state index >= 15 is 0 Å². The smallest absolute Gasteiger partial charge is 0.347 e. The summed E-state index contributed by atoms with van der Waals surface area (Å²) in [6.07, 6.45) is 4.40. The van der Waals surface area contributed by atoms with Crippen LogP contribution in [0.25, 0.3) is 10.9 Å². The van der Waals surface area contributed by atoms with Crippen LogP contribution in [0.5, 0.6) is 0 Å². The normalized spacial score (nSPS) is 12.4. The van der Waals surface area contributed by atoms with Crippen molar-refractivity contribution in [2.24, 2.45) is 10.7 Å². The van der Waals surface area contributed by atoms with Crippen LogP contribution in [-0.4, -0.2) is 20.7 Å². The molecule has 0 aliphatic carbocycles. The van der Waals surface area contributed by atoms with Gasteiger partial charge in [-0.25, -0.2) is 24.7 Å². The molecule has 0 radical (unpaired) electrons. The molecule has 0 fully saturated rings. The number of nitrogens with zero attached hydrogens (tertiary/aromatic N) is 4. The second kappa shape index (κ2) is 10.1. The number of halogens is 4. The molecule has 3 aromatic heterocycles. The first kappa shape index (κ1) is 23.5. The highest BCUT2D eigenvalue weighted by Gasteiger charge is 2.16. The van der Waals surface area contributed by atoms with Crippen LogP contribution in [0.4, 0.5) is 5.82 Å². The van der Waals surface area contributed by atoms with E-state index < -0.39 is 5.63 Å². The molecule has 8 nitrogen and oxygen atoms in total. The van der Waals surface area contributed by atoms with Crippen LogP contribution in [0.1, 0.15) is 10.8 Å². The summed E-state index contributed by atoms with van der Waals surface area (Å²) in [6, 6.07) is 6.12. The van der Waals surface area contributed by atoms with Crippen LogP contribution >= 0.6 is 57.7 Å². The number of fused-ring (bicyclic) bond motifs is 1. The van der Waals surface area contributed by atoms with E-state index in [9.17, 15) is 4.79 Å². The van der Waals surface area contributed by atoms with Gasteiger partial charge in [-0.1, -0.05) is 46.4 Å². The first-order chi connectivity index (χ1) is 15.8. The summed E-state index contributed by atoms with van der Waals surface area (Å²) in [5, 5.41) is 0.804. The predicted octanol–water partition coefficient (Wildman–Crippen LogP) is 5.79. The zero-order valence-electron chi connectivity index (χ0n) is 16.3. The number of rotatable bonds is 6. The molecule has 1 aromatic carbocycles. The van der Waals surface area contributed by atoms with Crippen molar-refractivity contribution in [2.75, 3.05) is 0 Å². The topological polar surface area (TPSA) is 116 Å². The number of hydrogen-bond acceptors (Lipinski definition) is 9. The Labute approximate surface area is 210 Å². The predicted molar refractivity (Wildman–Crippen MR) is 130 cm³/mol. The zero-order valence-corrected chi connectivity index (χ0v) is 20.1. The maximum absolute atomic E-state index is 12.6. The molecule has 2 N–H and O–H groups in total. The molecule has 0 saturated carbocycles. The van der Waals surface area contributed by atoms with Crippen molar-refractivity contribution >= 4 is 80.2 Å². The minimum absolute atomic E-state index is 0.0282. The van der Waals surface area contributed by atoms with Gasteiger partial charge in [0.1, 0.15) is 17.8 Å². The SMILES string of the molecule is NC(=CC(=Nc1ncccc1Cl)c1nc2c(Cl)cc(Cl)cc2c(=O)o1)OCc1cnc(Cl)s1. The highest BCUT2D eigenvalue weighted by atomic mass is 35.5. The first-order valence-corrected chi connectivity index (χ1v) is 11.3. The Morgan fingerprint density at radius 2 is 2.03 bits per heavy atom. The van der Waals surface area contributed by atoms with Crippen LogP contribution in [0, 0.1) is 0 Å². The number of aromatic nitrogens is 3. The van der Waals surface area contributed by atoms with Gasteiger partial charge in [0.2, 0.25) is 5.89 Å². The second-order valence-corrected chi connectivity index (χ2v) is 9.26. The summed E-state index contributed by atoms with van der Waals surface area (Å²) in [5.74, 6) is -0.0675.